The predicted octanol–water partition coefficient (Wildman–Crippen LogP) is 1.85. The van der Waals surface area contributed by atoms with Gasteiger partial charge >= 0.3 is 5.97 Å². The first kappa shape index (κ1) is 13.8. The van der Waals surface area contributed by atoms with E-state index in [1.165, 1.54) is 0 Å². The Kier molecular flexibility index (Phi) is 3.70. The van der Waals surface area contributed by atoms with Crippen molar-refractivity contribution in [2.75, 3.05) is 6.54 Å². The lowest BCUT2D eigenvalue weighted by Crippen LogP contribution is -2.25. The van der Waals surface area contributed by atoms with Crippen molar-refractivity contribution in [1.29, 1.82) is 0 Å². The topological polar surface area (TPSA) is 71.2 Å². The molecule has 1 atom stereocenters. The third-order valence-corrected chi connectivity index (χ3v) is 3.97. The molecule has 1 aromatic heterocycles. The summed E-state index contributed by atoms with van der Waals surface area (Å²) in [6.45, 7) is 1.73. The maximum absolute atomic E-state index is 11.1. The second kappa shape index (κ2) is 5.65. The molecule has 6 heteroatoms. The largest absolute Gasteiger partial charge is 0.478 e. The van der Waals surface area contributed by atoms with Gasteiger partial charge in [-0.1, -0.05) is 12.1 Å². The minimum atomic E-state index is -0.886. The van der Waals surface area contributed by atoms with Crippen molar-refractivity contribution in [2.45, 2.75) is 25.4 Å². The smallest absolute Gasteiger partial charge is 0.335 e. The number of aryl methyl sites for hydroxylation is 1. The third-order valence-electron chi connectivity index (χ3n) is 3.97. The Morgan fingerprint density at radius 1 is 1.48 bits per heavy atom. The highest BCUT2D eigenvalue weighted by molar-refractivity contribution is 5.87. The maximum atomic E-state index is 11.1. The van der Waals surface area contributed by atoms with Crippen molar-refractivity contribution in [3.8, 4) is 0 Å². The summed E-state index contributed by atoms with van der Waals surface area (Å²) in [5.74, 6) is 0.0880. The number of nitrogens with zero attached hydrogens (tertiary/aromatic N) is 4. The van der Waals surface area contributed by atoms with Crippen molar-refractivity contribution in [1.82, 2.24) is 19.7 Å². The van der Waals surface area contributed by atoms with Crippen LogP contribution in [0.1, 0.15) is 40.6 Å². The molecule has 6 nitrogen and oxygen atoms in total. The molecule has 0 aliphatic carbocycles. The Labute approximate surface area is 123 Å². The molecule has 2 aromatic rings. The van der Waals surface area contributed by atoms with E-state index in [9.17, 15) is 4.79 Å². The SMILES string of the molecule is Cn1cnnc1C1CCCN1Cc1cccc(C(=O)O)c1. The Hall–Kier alpha value is -2.21. The average Bonchev–Trinajstić information content (AvgIpc) is 3.07. The first-order valence-corrected chi connectivity index (χ1v) is 7.05. The molecule has 2 heterocycles. The van der Waals surface area contributed by atoms with Gasteiger partial charge in [0, 0.05) is 13.6 Å². The van der Waals surface area contributed by atoms with Crippen LogP contribution in [0.5, 0.6) is 0 Å². The Bertz CT molecular complexity index is 653. The van der Waals surface area contributed by atoms with Gasteiger partial charge in [0.15, 0.2) is 0 Å². The number of benzene rings is 1. The van der Waals surface area contributed by atoms with Crippen LogP contribution in [0.15, 0.2) is 30.6 Å². The summed E-state index contributed by atoms with van der Waals surface area (Å²) in [6, 6.07) is 7.39. The molecule has 1 aromatic carbocycles. The van der Waals surface area contributed by atoms with Crippen molar-refractivity contribution < 1.29 is 9.90 Å². The van der Waals surface area contributed by atoms with Crippen LogP contribution < -0.4 is 0 Å². The van der Waals surface area contributed by atoms with Crippen molar-refractivity contribution in [3.63, 3.8) is 0 Å². The van der Waals surface area contributed by atoms with Gasteiger partial charge in [-0.15, -0.1) is 10.2 Å². The number of likely N-dealkylation sites (tertiary alicyclic amines) is 1. The van der Waals surface area contributed by atoms with Gasteiger partial charge in [0.05, 0.1) is 11.6 Å². The molecule has 0 bridgehead atoms. The van der Waals surface area contributed by atoms with Gasteiger partial charge in [0.2, 0.25) is 0 Å². The average molecular weight is 286 g/mol. The molecule has 110 valence electrons. The van der Waals surface area contributed by atoms with Gasteiger partial charge in [-0.05, 0) is 37.1 Å². The van der Waals surface area contributed by atoms with Gasteiger partial charge < -0.3 is 9.67 Å². The van der Waals surface area contributed by atoms with Crippen LogP contribution >= 0.6 is 0 Å². The fraction of sp³-hybridized carbons (Fsp3) is 0.400. The summed E-state index contributed by atoms with van der Waals surface area (Å²) in [5, 5.41) is 17.2. The van der Waals surface area contributed by atoms with Crippen LogP contribution in [0.2, 0.25) is 0 Å². The van der Waals surface area contributed by atoms with Gasteiger partial charge in [-0.25, -0.2) is 4.79 Å². The first-order chi connectivity index (χ1) is 10.1. The summed E-state index contributed by atoms with van der Waals surface area (Å²) in [5.41, 5.74) is 1.35. The summed E-state index contributed by atoms with van der Waals surface area (Å²) >= 11 is 0. The summed E-state index contributed by atoms with van der Waals surface area (Å²) in [7, 11) is 1.96. The van der Waals surface area contributed by atoms with Gasteiger partial charge in [0.1, 0.15) is 12.2 Å². The zero-order valence-electron chi connectivity index (χ0n) is 11.9. The van der Waals surface area contributed by atoms with Gasteiger partial charge in [-0.3, -0.25) is 4.90 Å². The number of carboxylic acids is 1. The van der Waals surface area contributed by atoms with Crippen LogP contribution in [0, 0.1) is 0 Å². The number of rotatable bonds is 4. The predicted molar refractivity (Wildman–Crippen MR) is 76.8 cm³/mol. The van der Waals surface area contributed by atoms with Crippen LogP contribution in [0.4, 0.5) is 0 Å². The van der Waals surface area contributed by atoms with E-state index in [2.05, 4.69) is 15.1 Å². The van der Waals surface area contributed by atoms with E-state index >= 15 is 0 Å². The zero-order chi connectivity index (χ0) is 14.8. The molecule has 3 rings (SSSR count). The highest BCUT2D eigenvalue weighted by Gasteiger charge is 2.29. The Balaban J connectivity index is 1.79. The molecule has 0 amide bonds. The Morgan fingerprint density at radius 2 is 2.33 bits per heavy atom. The minimum absolute atomic E-state index is 0.256. The third kappa shape index (κ3) is 2.80. The number of aromatic nitrogens is 3. The number of hydrogen-bond acceptors (Lipinski definition) is 4. The van der Waals surface area contributed by atoms with E-state index in [4.69, 9.17) is 5.11 Å². The number of aromatic carboxylic acids is 1. The van der Waals surface area contributed by atoms with Gasteiger partial charge in [0.25, 0.3) is 0 Å². The van der Waals surface area contributed by atoms with Crippen molar-refractivity contribution in [3.05, 3.63) is 47.5 Å². The molecule has 21 heavy (non-hydrogen) atoms. The molecule has 0 spiro atoms. The molecule has 0 radical (unpaired) electrons. The second-order valence-electron chi connectivity index (χ2n) is 5.43. The van der Waals surface area contributed by atoms with E-state index < -0.39 is 5.97 Å². The van der Waals surface area contributed by atoms with Crippen LogP contribution in [0.25, 0.3) is 0 Å². The summed E-state index contributed by atoms with van der Waals surface area (Å²) in [6.07, 6.45) is 3.90. The molecule has 1 aliphatic heterocycles. The molecule has 1 N–H and O–H groups in total. The Morgan fingerprint density at radius 3 is 3.05 bits per heavy atom. The summed E-state index contributed by atoms with van der Waals surface area (Å²) < 4.78 is 1.96. The molecule has 1 aliphatic rings. The highest BCUT2D eigenvalue weighted by atomic mass is 16.4. The fourth-order valence-electron chi connectivity index (χ4n) is 2.94. The van der Waals surface area contributed by atoms with Gasteiger partial charge in [-0.2, -0.15) is 0 Å². The molecule has 1 fully saturated rings. The van der Waals surface area contributed by atoms with Crippen LogP contribution in [-0.2, 0) is 13.6 Å². The van der Waals surface area contributed by atoms with Crippen LogP contribution in [-0.4, -0.2) is 37.3 Å². The molecular weight excluding hydrogens is 268 g/mol. The summed E-state index contributed by atoms with van der Waals surface area (Å²) in [4.78, 5) is 13.4. The van der Waals surface area contributed by atoms with Crippen LogP contribution in [0.3, 0.4) is 0 Å². The number of hydrogen-bond donors (Lipinski definition) is 1. The molecule has 1 unspecified atom stereocenters. The first-order valence-electron chi connectivity index (χ1n) is 7.05. The van der Waals surface area contributed by atoms with E-state index in [-0.39, 0.29) is 6.04 Å². The lowest BCUT2D eigenvalue weighted by atomic mass is 10.1. The normalized spacial score (nSPS) is 19.0. The molecule has 1 saturated heterocycles. The van der Waals surface area contributed by atoms with Crippen molar-refractivity contribution in [2.24, 2.45) is 7.05 Å². The second-order valence-corrected chi connectivity index (χ2v) is 5.43. The fourth-order valence-corrected chi connectivity index (χ4v) is 2.94. The van der Waals surface area contributed by atoms with E-state index in [1.54, 1.807) is 24.5 Å². The number of carboxylic acid groups (broad SMARTS) is 1. The molecular formula is C15H18N4O2. The maximum Gasteiger partial charge on any atom is 0.335 e. The van der Waals surface area contributed by atoms with E-state index in [0.717, 1.165) is 37.3 Å². The zero-order valence-corrected chi connectivity index (χ0v) is 11.9. The monoisotopic (exact) mass is 286 g/mol. The lowest BCUT2D eigenvalue weighted by molar-refractivity contribution is 0.0696. The van der Waals surface area contributed by atoms with E-state index in [0.29, 0.717) is 5.56 Å². The minimum Gasteiger partial charge on any atom is -0.478 e. The van der Waals surface area contributed by atoms with E-state index in [1.807, 2.05) is 17.7 Å². The standard InChI is InChI=1S/C15H18N4O2/c1-18-10-16-17-14(18)13-6-3-7-19(13)9-11-4-2-5-12(8-11)15(20)21/h2,4-5,8,10,13H,3,6-7,9H2,1H3,(H,20,21). The number of carbonyl (C=O) groups is 1. The quantitative estimate of drug-likeness (QED) is 0.928. The lowest BCUT2D eigenvalue weighted by Gasteiger charge is -2.23. The highest BCUT2D eigenvalue weighted by Crippen LogP contribution is 2.31. The van der Waals surface area contributed by atoms with Crippen molar-refractivity contribution >= 4 is 5.97 Å². The molecule has 0 saturated carbocycles.